The lowest BCUT2D eigenvalue weighted by atomic mass is 9.74. The number of hydrogen-bond acceptors (Lipinski definition) is 8. The Morgan fingerprint density at radius 1 is 1.08 bits per heavy atom. The molecule has 1 N–H and O–H groups in total. The van der Waals surface area contributed by atoms with E-state index in [9.17, 15) is 19.5 Å². The summed E-state index contributed by atoms with van der Waals surface area (Å²) in [6.45, 7) is 10.9. The molecule has 38 heavy (non-hydrogen) atoms. The summed E-state index contributed by atoms with van der Waals surface area (Å²) in [4.78, 5) is 48.1. The van der Waals surface area contributed by atoms with Gasteiger partial charge in [-0.25, -0.2) is 0 Å². The van der Waals surface area contributed by atoms with Crippen LogP contribution in [0.5, 0.6) is 0 Å². The van der Waals surface area contributed by atoms with Crippen LogP contribution in [0.2, 0.25) is 0 Å². The zero-order chi connectivity index (χ0) is 27.1. The van der Waals surface area contributed by atoms with E-state index in [1.807, 2.05) is 50.0 Å². The fraction of sp³-hybridized carbons (Fsp3) is 0.750. The molecule has 10 heteroatoms. The molecule has 5 heterocycles. The largest absolute Gasteiger partial charge is 0.465 e. The van der Waals surface area contributed by atoms with Crippen molar-refractivity contribution in [3.8, 4) is 0 Å². The zero-order valence-electron chi connectivity index (χ0n) is 22.7. The van der Waals surface area contributed by atoms with Gasteiger partial charge in [0.05, 0.1) is 49.1 Å². The van der Waals surface area contributed by atoms with Gasteiger partial charge in [-0.15, -0.1) is 11.8 Å². The predicted molar refractivity (Wildman–Crippen MR) is 144 cm³/mol. The number of cyclic esters (lactones) is 1. The number of fused-ring (bicyclic) bond motifs is 2. The van der Waals surface area contributed by atoms with Gasteiger partial charge < -0.3 is 24.4 Å². The van der Waals surface area contributed by atoms with Crippen molar-refractivity contribution < 1.29 is 29.0 Å². The second kappa shape index (κ2) is 10.9. The van der Waals surface area contributed by atoms with E-state index in [1.165, 1.54) is 0 Å². The number of likely N-dealkylation sites (tertiary alicyclic amines) is 1. The summed E-state index contributed by atoms with van der Waals surface area (Å²) in [5, 5.41) is 10.5. The van der Waals surface area contributed by atoms with Crippen LogP contribution in [0.15, 0.2) is 24.3 Å². The molecule has 7 atom stereocenters. The maximum atomic E-state index is 14.5. The van der Waals surface area contributed by atoms with Crippen LogP contribution in [-0.2, 0) is 23.9 Å². The quantitative estimate of drug-likeness (QED) is 0.376. The van der Waals surface area contributed by atoms with Crippen molar-refractivity contribution in [3.63, 3.8) is 0 Å². The third-order valence-electron chi connectivity index (χ3n) is 9.18. The minimum absolute atomic E-state index is 0.0118. The molecule has 0 aromatic rings. The first kappa shape index (κ1) is 27.7. The molecule has 210 valence electrons. The van der Waals surface area contributed by atoms with Gasteiger partial charge >= 0.3 is 5.97 Å². The molecule has 0 bridgehead atoms. The van der Waals surface area contributed by atoms with Crippen molar-refractivity contribution in [2.75, 3.05) is 59.2 Å². The Balaban J connectivity index is 1.56. The predicted octanol–water partition coefficient (Wildman–Crippen LogP) is 1.31. The molecule has 0 aromatic heterocycles. The number of nitrogens with zero attached hydrogens (tertiary/aromatic N) is 3. The molecular weight excluding hydrogens is 506 g/mol. The highest BCUT2D eigenvalue weighted by Gasteiger charge is 2.74. The fourth-order valence-corrected chi connectivity index (χ4v) is 9.07. The van der Waals surface area contributed by atoms with Gasteiger partial charge in [0.2, 0.25) is 11.8 Å². The number of thioether (sulfide) groups is 1. The van der Waals surface area contributed by atoms with Gasteiger partial charge in [-0.1, -0.05) is 44.6 Å². The maximum absolute atomic E-state index is 14.5. The number of esters is 1. The van der Waals surface area contributed by atoms with Crippen LogP contribution in [-0.4, -0.2) is 118 Å². The fourth-order valence-electron chi connectivity index (χ4n) is 6.93. The van der Waals surface area contributed by atoms with Crippen LogP contribution in [0.4, 0.5) is 0 Å². The van der Waals surface area contributed by atoms with E-state index in [2.05, 4.69) is 4.90 Å². The number of morpholine rings is 1. The highest BCUT2D eigenvalue weighted by Crippen LogP contribution is 2.65. The van der Waals surface area contributed by atoms with E-state index in [1.54, 1.807) is 16.7 Å². The van der Waals surface area contributed by atoms with E-state index in [0.717, 1.165) is 26.1 Å². The summed E-state index contributed by atoms with van der Waals surface area (Å²) in [6.07, 6.45) is 9.47. The molecule has 0 aromatic carbocycles. The molecule has 3 fully saturated rings. The summed E-state index contributed by atoms with van der Waals surface area (Å²) in [5.74, 6) is -2.17. The first-order chi connectivity index (χ1) is 18.3. The normalized spacial score (nSPS) is 37.2. The minimum atomic E-state index is -0.921. The van der Waals surface area contributed by atoms with Gasteiger partial charge in [-0.2, -0.15) is 0 Å². The van der Waals surface area contributed by atoms with Crippen LogP contribution < -0.4 is 0 Å². The highest BCUT2D eigenvalue weighted by atomic mass is 32.2. The van der Waals surface area contributed by atoms with Crippen molar-refractivity contribution in [1.82, 2.24) is 14.7 Å². The molecule has 1 spiro atoms. The number of amides is 2. The van der Waals surface area contributed by atoms with Gasteiger partial charge in [0.15, 0.2) is 0 Å². The summed E-state index contributed by atoms with van der Waals surface area (Å²) < 4.78 is 9.48. The van der Waals surface area contributed by atoms with E-state index in [0.29, 0.717) is 32.7 Å². The topological polar surface area (TPSA) is 99.6 Å². The Labute approximate surface area is 229 Å². The van der Waals surface area contributed by atoms with Crippen LogP contribution >= 0.6 is 11.8 Å². The minimum Gasteiger partial charge on any atom is -0.465 e. The molecule has 5 aliphatic heterocycles. The van der Waals surface area contributed by atoms with Gasteiger partial charge in [0, 0.05) is 37.5 Å². The number of ether oxygens (including phenoxy) is 2. The van der Waals surface area contributed by atoms with Crippen molar-refractivity contribution >= 4 is 29.5 Å². The molecular formula is C28H41N3O6S. The molecule has 0 saturated carbocycles. The van der Waals surface area contributed by atoms with Crippen LogP contribution in [0, 0.1) is 17.8 Å². The van der Waals surface area contributed by atoms with Crippen LogP contribution in [0.3, 0.4) is 0 Å². The Morgan fingerprint density at radius 3 is 2.55 bits per heavy atom. The van der Waals surface area contributed by atoms with Gasteiger partial charge in [0.25, 0.3) is 0 Å². The number of rotatable bonds is 7. The van der Waals surface area contributed by atoms with Crippen LogP contribution in [0.25, 0.3) is 0 Å². The smallest absolute Gasteiger partial charge is 0.311 e. The number of aliphatic hydroxyl groups excluding tert-OH is 1. The molecule has 9 nitrogen and oxygen atoms in total. The van der Waals surface area contributed by atoms with Crippen molar-refractivity contribution in [1.29, 1.82) is 0 Å². The summed E-state index contributed by atoms with van der Waals surface area (Å²) >= 11 is 1.55. The molecule has 5 aliphatic rings. The summed E-state index contributed by atoms with van der Waals surface area (Å²) in [7, 11) is 0. The molecule has 0 aliphatic carbocycles. The first-order valence-electron chi connectivity index (χ1n) is 14.0. The SMILES string of the molecule is CC[C@H](C)[C@H](CO)N1C(=O)[C@@H]2[C@@H]3C(=O)OCCC=C[C@]3(C)S[C@@]23C=CCN(CCN2CCOCC2)C(=O)C13. The van der Waals surface area contributed by atoms with E-state index < -0.39 is 33.4 Å². The average Bonchev–Trinajstić information content (AvgIpc) is 3.23. The Bertz CT molecular complexity index is 999. The second-order valence-electron chi connectivity index (χ2n) is 11.4. The lowest BCUT2D eigenvalue weighted by Crippen LogP contribution is -2.58. The number of carbonyl (C=O) groups excluding carboxylic acids is 3. The Morgan fingerprint density at radius 2 is 1.84 bits per heavy atom. The van der Waals surface area contributed by atoms with Crippen LogP contribution in [0.1, 0.15) is 33.6 Å². The van der Waals surface area contributed by atoms with Crippen molar-refractivity contribution in [2.24, 2.45) is 17.8 Å². The lowest BCUT2D eigenvalue weighted by molar-refractivity contribution is -0.155. The molecule has 1 unspecified atom stereocenters. The number of carbonyl (C=O) groups is 3. The lowest BCUT2D eigenvalue weighted by Gasteiger charge is -2.41. The summed E-state index contributed by atoms with van der Waals surface area (Å²) in [6, 6.07) is -1.31. The van der Waals surface area contributed by atoms with E-state index >= 15 is 0 Å². The Hall–Kier alpha value is -1.88. The second-order valence-corrected chi connectivity index (χ2v) is 13.2. The molecule has 0 radical (unpaired) electrons. The van der Waals surface area contributed by atoms with Crippen molar-refractivity contribution in [2.45, 2.75) is 55.2 Å². The molecule has 3 saturated heterocycles. The molecule has 2 amide bonds. The third-order valence-corrected chi connectivity index (χ3v) is 11.0. The first-order valence-corrected chi connectivity index (χ1v) is 14.8. The zero-order valence-corrected chi connectivity index (χ0v) is 23.5. The van der Waals surface area contributed by atoms with Gasteiger partial charge in [0.1, 0.15) is 6.04 Å². The monoisotopic (exact) mass is 547 g/mol. The summed E-state index contributed by atoms with van der Waals surface area (Å²) in [5.41, 5.74) is 0. The Kier molecular flexibility index (Phi) is 7.97. The standard InChI is InChI=1S/C28H41N3O6S/c1-4-19(2)20(18-32)31-23-25(34)30(12-11-29-13-16-36-17-14-29)10-7-9-28(23)21(24(31)33)22-26(35)37-15-6-5-8-27(22,3)38-28/h5,7-9,19-23,32H,4,6,10-18H2,1-3H3/t19-,20-,21-,22+,23?,27-,28-/m0/s1. The number of hydrogen-bond donors (Lipinski definition) is 1. The van der Waals surface area contributed by atoms with E-state index in [-0.39, 0.29) is 36.9 Å². The van der Waals surface area contributed by atoms with Gasteiger partial charge in [-0.3, -0.25) is 19.3 Å². The van der Waals surface area contributed by atoms with E-state index in [4.69, 9.17) is 9.47 Å². The maximum Gasteiger partial charge on any atom is 0.311 e. The average molecular weight is 548 g/mol. The van der Waals surface area contributed by atoms with Crippen molar-refractivity contribution in [3.05, 3.63) is 24.3 Å². The highest BCUT2D eigenvalue weighted by molar-refractivity contribution is 8.02. The molecule has 5 rings (SSSR count). The third kappa shape index (κ3) is 4.51. The number of aliphatic hydroxyl groups is 1. The van der Waals surface area contributed by atoms with Gasteiger partial charge in [-0.05, 0) is 19.3 Å².